The summed E-state index contributed by atoms with van der Waals surface area (Å²) in [5.41, 5.74) is 4.78. The monoisotopic (exact) mass is 259 g/mol. The van der Waals surface area contributed by atoms with Gasteiger partial charge in [-0.25, -0.2) is 0 Å². The molecule has 1 aromatic heterocycles. The van der Waals surface area contributed by atoms with Crippen LogP contribution in [-0.2, 0) is 13.0 Å². The van der Waals surface area contributed by atoms with E-state index >= 15 is 0 Å². The van der Waals surface area contributed by atoms with Crippen molar-refractivity contribution in [2.45, 2.75) is 19.0 Å². The first-order valence-corrected chi connectivity index (χ1v) is 7.21. The van der Waals surface area contributed by atoms with E-state index in [9.17, 15) is 0 Å². The highest BCUT2D eigenvalue weighted by Gasteiger charge is 2.17. The first-order chi connectivity index (χ1) is 8.93. The molecule has 0 saturated carbocycles. The van der Waals surface area contributed by atoms with E-state index in [2.05, 4.69) is 39.9 Å². The van der Waals surface area contributed by atoms with Crippen LogP contribution < -0.4 is 10.6 Å². The van der Waals surface area contributed by atoms with Gasteiger partial charge in [-0.05, 0) is 24.1 Å². The smallest absolute Gasteiger partial charge is 0.0794 e. The van der Waals surface area contributed by atoms with Gasteiger partial charge in [0.25, 0.3) is 0 Å². The number of hydrogen-bond donors (Lipinski definition) is 2. The number of benzene rings is 1. The van der Waals surface area contributed by atoms with E-state index in [1.807, 2.05) is 11.7 Å². The second-order valence-corrected chi connectivity index (χ2v) is 5.53. The van der Waals surface area contributed by atoms with Gasteiger partial charge < -0.3 is 10.6 Å². The maximum absolute atomic E-state index is 4.11. The fraction of sp³-hybridized carbons (Fsp3) is 0.357. The summed E-state index contributed by atoms with van der Waals surface area (Å²) in [7, 11) is 0. The van der Waals surface area contributed by atoms with Crippen molar-refractivity contribution in [2.75, 3.05) is 13.1 Å². The highest BCUT2D eigenvalue weighted by atomic mass is 32.1. The molecule has 1 aliphatic rings. The van der Waals surface area contributed by atoms with E-state index in [1.165, 1.54) is 16.0 Å². The number of nitrogens with one attached hydrogen (secondary N) is 2. The number of nitrogens with zero attached hydrogens (tertiary/aromatic N) is 1. The number of rotatable bonds is 3. The van der Waals surface area contributed by atoms with Crippen LogP contribution in [0.25, 0.3) is 0 Å². The number of fused-ring (bicyclic) bond motifs is 1. The van der Waals surface area contributed by atoms with Gasteiger partial charge in [-0.1, -0.05) is 24.3 Å². The molecule has 1 aliphatic heterocycles. The lowest BCUT2D eigenvalue weighted by atomic mass is 9.99. The summed E-state index contributed by atoms with van der Waals surface area (Å²) in [5, 5.41) is 7.13. The third-order valence-electron chi connectivity index (χ3n) is 3.36. The lowest BCUT2D eigenvalue weighted by Crippen LogP contribution is -2.30. The van der Waals surface area contributed by atoms with Crippen LogP contribution in [0.2, 0.25) is 0 Å². The largest absolute Gasteiger partial charge is 0.315 e. The van der Waals surface area contributed by atoms with Crippen molar-refractivity contribution in [2.24, 2.45) is 0 Å². The molecular formula is C14H17N3S. The Hall–Kier alpha value is -1.23. The van der Waals surface area contributed by atoms with Gasteiger partial charge in [-0.3, -0.25) is 4.98 Å². The van der Waals surface area contributed by atoms with Crippen LogP contribution in [0.15, 0.2) is 36.0 Å². The molecule has 0 radical (unpaired) electrons. The summed E-state index contributed by atoms with van der Waals surface area (Å²) in [6, 6.07) is 9.14. The van der Waals surface area contributed by atoms with Gasteiger partial charge in [-0.15, -0.1) is 11.3 Å². The minimum absolute atomic E-state index is 0.394. The standard InChI is InChI=1S/C14H17N3S/c1-2-4-13-11(3-1)5-6-15-9-14(13)17-8-12-7-16-10-18-12/h1-4,7,10,14-15,17H,5-6,8-9H2. The van der Waals surface area contributed by atoms with Gasteiger partial charge >= 0.3 is 0 Å². The Bertz CT molecular complexity index is 496. The molecule has 1 aromatic carbocycles. The zero-order chi connectivity index (χ0) is 12.2. The van der Waals surface area contributed by atoms with Crippen molar-refractivity contribution >= 4 is 11.3 Å². The molecule has 4 heteroatoms. The highest BCUT2D eigenvalue weighted by Crippen LogP contribution is 2.21. The fourth-order valence-electron chi connectivity index (χ4n) is 2.42. The molecule has 0 bridgehead atoms. The number of hydrogen-bond acceptors (Lipinski definition) is 4. The number of aromatic nitrogens is 1. The van der Waals surface area contributed by atoms with Gasteiger partial charge in [-0.2, -0.15) is 0 Å². The van der Waals surface area contributed by atoms with Crippen molar-refractivity contribution in [1.29, 1.82) is 0 Å². The van der Waals surface area contributed by atoms with E-state index in [0.717, 1.165) is 26.1 Å². The number of thiazole rings is 1. The molecule has 3 nitrogen and oxygen atoms in total. The molecule has 0 saturated heterocycles. The lowest BCUT2D eigenvalue weighted by Gasteiger charge is -2.18. The van der Waals surface area contributed by atoms with Gasteiger partial charge in [0.05, 0.1) is 5.51 Å². The van der Waals surface area contributed by atoms with E-state index < -0.39 is 0 Å². The molecule has 0 spiro atoms. The second-order valence-electron chi connectivity index (χ2n) is 4.55. The van der Waals surface area contributed by atoms with Crippen molar-refractivity contribution in [1.82, 2.24) is 15.6 Å². The molecule has 0 aliphatic carbocycles. The molecule has 2 heterocycles. The molecule has 2 aromatic rings. The van der Waals surface area contributed by atoms with Crippen LogP contribution in [-0.4, -0.2) is 18.1 Å². The van der Waals surface area contributed by atoms with E-state index in [1.54, 1.807) is 11.3 Å². The predicted octanol–water partition coefficient (Wildman–Crippen LogP) is 2.12. The average Bonchev–Trinajstić information content (AvgIpc) is 2.84. The first-order valence-electron chi connectivity index (χ1n) is 6.33. The Labute approximate surface area is 111 Å². The van der Waals surface area contributed by atoms with Crippen LogP contribution >= 0.6 is 11.3 Å². The van der Waals surface area contributed by atoms with Gasteiger partial charge in [0.1, 0.15) is 0 Å². The van der Waals surface area contributed by atoms with Crippen LogP contribution in [0.3, 0.4) is 0 Å². The van der Waals surface area contributed by atoms with Crippen LogP contribution in [0.5, 0.6) is 0 Å². The molecule has 94 valence electrons. The van der Waals surface area contributed by atoms with Gasteiger partial charge in [0.2, 0.25) is 0 Å². The molecule has 1 unspecified atom stereocenters. The second kappa shape index (κ2) is 5.61. The van der Waals surface area contributed by atoms with Crippen molar-refractivity contribution < 1.29 is 0 Å². The summed E-state index contributed by atoms with van der Waals surface area (Å²) in [5.74, 6) is 0. The Morgan fingerprint density at radius 2 is 2.33 bits per heavy atom. The Kier molecular flexibility index (Phi) is 3.69. The van der Waals surface area contributed by atoms with Crippen molar-refractivity contribution in [3.63, 3.8) is 0 Å². The van der Waals surface area contributed by atoms with E-state index in [4.69, 9.17) is 0 Å². The molecule has 18 heavy (non-hydrogen) atoms. The van der Waals surface area contributed by atoms with E-state index in [0.29, 0.717) is 6.04 Å². The Morgan fingerprint density at radius 1 is 1.39 bits per heavy atom. The molecule has 1 atom stereocenters. The maximum atomic E-state index is 4.11. The summed E-state index contributed by atoms with van der Waals surface area (Å²) in [6.07, 6.45) is 3.06. The van der Waals surface area contributed by atoms with Crippen LogP contribution in [0.1, 0.15) is 22.0 Å². The minimum Gasteiger partial charge on any atom is -0.315 e. The van der Waals surface area contributed by atoms with Crippen LogP contribution in [0.4, 0.5) is 0 Å². The fourth-order valence-corrected chi connectivity index (χ4v) is 2.96. The van der Waals surface area contributed by atoms with Crippen LogP contribution in [0, 0.1) is 0 Å². The average molecular weight is 259 g/mol. The van der Waals surface area contributed by atoms with Crippen molar-refractivity contribution in [3.05, 3.63) is 52.0 Å². The van der Waals surface area contributed by atoms with Gasteiger partial charge in [0.15, 0.2) is 0 Å². The summed E-state index contributed by atoms with van der Waals surface area (Å²) in [4.78, 5) is 5.40. The first kappa shape index (κ1) is 11.8. The zero-order valence-electron chi connectivity index (χ0n) is 10.2. The summed E-state index contributed by atoms with van der Waals surface area (Å²) >= 11 is 1.70. The predicted molar refractivity (Wildman–Crippen MR) is 74.7 cm³/mol. The molecule has 0 fully saturated rings. The van der Waals surface area contributed by atoms with Gasteiger partial charge in [0, 0.05) is 30.2 Å². The Morgan fingerprint density at radius 3 is 3.22 bits per heavy atom. The normalized spacial score (nSPS) is 19.2. The Balaban J connectivity index is 1.75. The molecule has 0 amide bonds. The SMILES string of the molecule is c1ccc2c(c1)CCNCC2NCc1cncs1. The quantitative estimate of drug-likeness (QED) is 0.886. The zero-order valence-corrected chi connectivity index (χ0v) is 11.0. The molecule has 2 N–H and O–H groups in total. The molecule has 3 rings (SSSR count). The highest BCUT2D eigenvalue weighted by molar-refractivity contribution is 7.09. The third kappa shape index (κ3) is 2.61. The minimum atomic E-state index is 0.394. The molecular weight excluding hydrogens is 242 g/mol. The lowest BCUT2D eigenvalue weighted by molar-refractivity contribution is 0.506. The summed E-state index contributed by atoms with van der Waals surface area (Å²) in [6.45, 7) is 2.96. The maximum Gasteiger partial charge on any atom is 0.0794 e. The topological polar surface area (TPSA) is 37.0 Å². The summed E-state index contributed by atoms with van der Waals surface area (Å²) < 4.78 is 0. The van der Waals surface area contributed by atoms with Crippen molar-refractivity contribution in [3.8, 4) is 0 Å². The third-order valence-corrected chi connectivity index (χ3v) is 4.14. The van der Waals surface area contributed by atoms with E-state index in [-0.39, 0.29) is 0 Å².